The lowest BCUT2D eigenvalue weighted by Crippen LogP contribution is -2.42. The fraction of sp³-hybridized carbons (Fsp3) is 0.400. The van der Waals surface area contributed by atoms with E-state index in [0.717, 1.165) is 5.69 Å². The lowest BCUT2D eigenvalue weighted by atomic mass is 10.2. The van der Waals surface area contributed by atoms with Crippen LogP contribution in [0, 0.1) is 0 Å². The van der Waals surface area contributed by atoms with Crippen molar-refractivity contribution in [3.63, 3.8) is 0 Å². The van der Waals surface area contributed by atoms with Crippen LogP contribution in [0.4, 0.5) is 5.95 Å². The van der Waals surface area contributed by atoms with Crippen LogP contribution < -0.4 is 4.90 Å². The highest BCUT2D eigenvalue weighted by Gasteiger charge is 2.27. The Bertz CT molecular complexity index is 642. The van der Waals surface area contributed by atoms with Gasteiger partial charge in [0.1, 0.15) is 12.4 Å². The summed E-state index contributed by atoms with van der Waals surface area (Å²) in [6.07, 6.45) is 4.42. The second kappa shape index (κ2) is 6.15. The van der Waals surface area contributed by atoms with Gasteiger partial charge < -0.3 is 19.0 Å². The van der Waals surface area contributed by atoms with Crippen LogP contribution in [0.2, 0.25) is 0 Å². The zero-order valence-corrected chi connectivity index (χ0v) is 12.6. The maximum Gasteiger partial charge on any atom is 0.257 e. The molecule has 1 atom stereocenters. The van der Waals surface area contributed by atoms with Crippen molar-refractivity contribution in [2.45, 2.75) is 6.10 Å². The number of rotatable bonds is 3. The number of carbonyl (C=O) groups is 1. The van der Waals surface area contributed by atoms with Crippen LogP contribution in [0.25, 0.3) is 0 Å². The number of ether oxygens (including phenoxy) is 1. The Balaban J connectivity index is 1.75. The summed E-state index contributed by atoms with van der Waals surface area (Å²) in [4.78, 5) is 24.7. The number of hydrogen-bond acceptors (Lipinski definition) is 6. The molecule has 2 aromatic heterocycles. The fourth-order valence-electron chi connectivity index (χ4n) is 2.34. The van der Waals surface area contributed by atoms with Crippen molar-refractivity contribution in [1.29, 1.82) is 0 Å². The largest absolute Gasteiger partial charge is 0.472 e. The van der Waals surface area contributed by atoms with Gasteiger partial charge in [0.25, 0.3) is 5.91 Å². The topological polar surface area (TPSA) is 71.7 Å². The van der Waals surface area contributed by atoms with Gasteiger partial charge >= 0.3 is 0 Å². The van der Waals surface area contributed by atoms with Crippen LogP contribution in [-0.2, 0) is 4.74 Å². The maximum absolute atomic E-state index is 12.4. The second-order valence-corrected chi connectivity index (χ2v) is 5.30. The molecule has 1 amide bonds. The number of nitrogens with zero attached hydrogens (tertiary/aromatic N) is 4. The van der Waals surface area contributed by atoms with E-state index in [0.29, 0.717) is 31.2 Å². The zero-order valence-electron chi connectivity index (χ0n) is 12.6. The Kier molecular flexibility index (Phi) is 4.06. The molecule has 0 bridgehead atoms. The van der Waals surface area contributed by atoms with E-state index in [1.807, 2.05) is 25.1 Å². The van der Waals surface area contributed by atoms with Gasteiger partial charge in [-0.2, -0.15) is 0 Å². The Morgan fingerprint density at radius 2 is 2.27 bits per heavy atom. The molecule has 7 heteroatoms. The third-order valence-electron chi connectivity index (χ3n) is 3.52. The van der Waals surface area contributed by atoms with Gasteiger partial charge in [0.05, 0.1) is 30.7 Å². The molecule has 0 saturated carbocycles. The summed E-state index contributed by atoms with van der Waals surface area (Å²) in [5.74, 6) is 0.573. The number of hydrogen-bond donors (Lipinski definition) is 0. The molecule has 0 unspecified atom stereocenters. The number of anilines is 1. The number of morpholine rings is 1. The van der Waals surface area contributed by atoms with Crippen LogP contribution in [0.1, 0.15) is 22.2 Å². The Labute approximate surface area is 128 Å². The van der Waals surface area contributed by atoms with Crippen molar-refractivity contribution in [3.8, 4) is 0 Å². The third kappa shape index (κ3) is 2.94. The molecule has 0 aliphatic carbocycles. The second-order valence-electron chi connectivity index (χ2n) is 5.30. The highest BCUT2D eigenvalue weighted by Crippen LogP contribution is 2.22. The van der Waals surface area contributed by atoms with Gasteiger partial charge in [-0.15, -0.1) is 0 Å². The maximum atomic E-state index is 12.4. The minimum atomic E-state index is -0.244. The number of carbonyl (C=O) groups excluding carboxylic acids is 1. The first-order valence-corrected chi connectivity index (χ1v) is 7.08. The molecule has 1 aliphatic rings. The molecule has 7 nitrogen and oxygen atoms in total. The molecular formula is C15H18N4O3. The minimum Gasteiger partial charge on any atom is -0.472 e. The van der Waals surface area contributed by atoms with Crippen molar-refractivity contribution in [1.82, 2.24) is 14.9 Å². The summed E-state index contributed by atoms with van der Waals surface area (Å²) in [7, 11) is 3.77. The zero-order chi connectivity index (χ0) is 15.5. The lowest BCUT2D eigenvalue weighted by Gasteiger charge is -2.32. The van der Waals surface area contributed by atoms with E-state index in [-0.39, 0.29) is 12.0 Å². The summed E-state index contributed by atoms with van der Waals surface area (Å²) < 4.78 is 10.7. The molecule has 0 radical (unpaired) electrons. The highest BCUT2D eigenvalue weighted by molar-refractivity contribution is 5.93. The molecule has 0 aromatic carbocycles. The van der Waals surface area contributed by atoms with Gasteiger partial charge in [-0.3, -0.25) is 4.79 Å². The SMILES string of the molecule is CN(C)c1nccc([C@H]2CN(C(=O)c3ccoc3)CCO2)n1. The quantitative estimate of drug-likeness (QED) is 0.852. The summed E-state index contributed by atoms with van der Waals surface area (Å²) in [6.45, 7) is 1.51. The molecule has 1 saturated heterocycles. The van der Waals surface area contributed by atoms with Crippen molar-refractivity contribution in [2.24, 2.45) is 0 Å². The summed E-state index contributed by atoms with van der Waals surface area (Å²) in [5.41, 5.74) is 1.33. The molecule has 0 spiro atoms. The van der Waals surface area contributed by atoms with Crippen molar-refractivity contribution >= 4 is 11.9 Å². The standard InChI is InChI=1S/C15H18N4O3/c1-18(2)15-16-5-3-12(17-15)13-9-19(6-8-22-13)14(20)11-4-7-21-10-11/h3-5,7,10,13H,6,8-9H2,1-2H3/t13-/m1/s1. The average molecular weight is 302 g/mol. The number of amides is 1. The van der Waals surface area contributed by atoms with Gasteiger partial charge in [0.2, 0.25) is 5.95 Å². The van der Waals surface area contributed by atoms with Gasteiger partial charge in [0, 0.05) is 26.8 Å². The summed E-state index contributed by atoms with van der Waals surface area (Å²) in [6, 6.07) is 3.49. The number of aromatic nitrogens is 2. The molecule has 3 heterocycles. The predicted molar refractivity (Wildman–Crippen MR) is 79.7 cm³/mol. The van der Waals surface area contributed by atoms with Crippen LogP contribution in [-0.4, -0.2) is 54.6 Å². The molecule has 116 valence electrons. The normalized spacial score (nSPS) is 18.3. The van der Waals surface area contributed by atoms with Crippen LogP contribution in [0.5, 0.6) is 0 Å². The van der Waals surface area contributed by atoms with Gasteiger partial charge in [-0.1, -0.05) is 0 Å². The fourth-order valence-corrected chi connectivity index (χ4v) is 2.34. The molecule has 22 heavy (non-hydrogen) atoms. The average Bonchev–Trinajstić information content (AvgIpc) is 3.09. The highest BCUT2D eigenvalue weighted by atomic mass is 16.5. The van der Waals surface area contributed by atoms with E-state index >= 15 is 0 Å². The van der Waals surface area contributed by atoms with E-state index in [4.69, 9.17) is 9.15 Å². The van der Waals surface area contributed by atoms with Crippen molar-refractivity contribution in [2.75, 3.05) is 38.7 Å². The van der Waals surface area contributed by atoms with E-state index < -0.39 is 0 Å². The van der Waals surface area contributed by atoms with E-state index in [1.54, 1.807) is 17.2 Å². The Morgan fingerprint density at radius 3 is 3.00 bits per heavy atom. The van der Waals surface area contributed by atoms with E-state index in [1.165, 1.54) is 12.5 Å². The molecule has 1 fully saturated rings. The molecule has 3 rings (SSSR count). The summed E-state index contributed by atoms with van der Waals surface area (Å²) >= 11 is 0. The smallest absolute Gasteiger partial charge is 0.257 e. The van der Waals surface area contributed by atoms with Crippen LogP contribution >= 0.6 is 0 Å². The predicted octanol–water partition coefficient (Wildman–Crippen LogP) is 1.35. The van der Waals surface area contributed by atoms with E-state index in [9.17, 15) is 4.79 Å². The van der Waals surface area contributed by atoms with Gasteiger partial charge in [-0.05, 0) is 12.1 Å². The Morgan fingerprint density at radius 1 is 1.41 bits per heavy atom. The van der Waals surface area contributed by atoms with Crippen molar-refractivity contribution in [3.05, 3.63) is 42.1 Å². The third-order valence-corrected chi connectivity index (χ3v) is 3.52. The first-order chi connectivity index (χ1) is 10.6. The molecule has 1 aliphatic heterocycles. The Hall–Kier alpha value is -2.41. The molecular weight excluding hydrogens is 284 g/mol. The molecule has 0 N–H and O–H groups in total. The number of furan rings is 1. The van der Waals surface area contributed by atoms with Crippen LogP contribution in [0.3, 0.4) is 0 Å². The molecule has 2 aromatic rings. The first kappa shape index (κ1) is 14.5. The summed E-state index contributed by atoms with van der Waals surface area (Å²) in [5, 5.41) is 0. The minimum absolute atomic E-state index is 0.0519. The van der Waals surface area contributed by atoms with Gasteiger partial charge in [-0.25, -0.2) is 9.97 Å². The lowest BCUT2D eigenvalue weighted by molar-refractivity contribution is -0.0247. The first-order valence-electron chi connectivity index (χ1n) is 7.08. The van der Waals surface area contributed by atoms with E-state index in [2.05, 4.69) is 9.97 Å². The monoisotopic (exact) mass is 302 g/mol. The van der Waals surface area contributed by atoms with Crippen LogP contribution in [0.15, 0.2) is 35.3 Å². The van der Waals surface area contributed by atoms with Gasteiger partial charge in [0.15, 0.2) is 0 Å². The van der Waals surface area contributed by atoms with Crippen molar-refractivity contribution < 1.29 is 13.9 Å².